The second-order valence-corrected chi connectivity index (χ2v) is 8.31. The van der Waals surface area contributed by atoms with Gasteiger partial charge in [0.1, 0.15) is 0 Å². The molecule has 5 heteroatoms. The molecule has 1 N–H and O–H groups in total. The van der Waals surface area contributed by atoms with Gasteiger partial charge in [-0.3, -0.25) is 0 Å². The van der Waals surface area contributed by atoms with Crippen LogP contribution in [0, 0.1) is 5.92 Å². The van der Waals surface area contributed by atoms with Gasteiger partial charge in [0.25, 0.3) is 0 Å². The van der Waals surface area contributed by atoms with Gasteiger partial charge in [-0.15, -0.1) is 0 Å². The molecular weight excluding hydrogens is 284 g/mol. The van der Waals surface area contributed by atoms with Crippen molar-refractivity contribution in [3.63, 3.8) is 0 Å². The number of benzene rings is 1. The molecule has 118 valence electrons. The van der Waals surface area contributed by atoms with Crippen LogP contribution < -0.4 is 5.32 Å². The minimum absolute atomic E-state index is 0.387. The molecule has 0 aromatic heterocycles. The summed E-state index contributed by atoms with van der Waals surface area (Å²) < 4.78 is 26.5. The molecule has 0 amide bonds. The molecule has 0 heterocycles. The maximum atomic E-state index is 12.5. The number of sulfonamides is 1. The summed E-state index contributed by atoms with van der Waals surface area (Å²) in [7, 11) is -1.66. The van der Waals surface area contributed by atoms with Crippen LogP contribution in [-0.4, -0.2) is 32.4 Å². The zero-order valence-electron chi connectivity index (χ0n) is 13.2. The first-order valence-electron chi connectivity index (χ1n) is 7.68. The molecule has 4 nitrogen and oxygen atoms in total. The molecular formula is C16H26N2O2S. The van der Waals surface area contributed by atoms with Crippen LogP contribution in [0.15, 0.2) is 29.2 Å². The highest BCUT2D eigenvalue weighted by Gasteiger charge is 2.26. The maximum Gasteiger partial charge on any atom is 0.242 e. The van der Waals surface area contributed by atoms with Crippen LogP contribution in [0.25, 0.3) is 0 Å². The number of hydrogen-bond acceptors (Lipinski definition) is 3. The van der Waals surface area contributed by atoms with Gasteiger partial charge in [0.2, 0.25) is 10.0 Å². The minimum atomic E-state index is -3.35. The molecule has 0 atom stereocenters. The lowest BCUT2D eigenvalue weighted by atomic mass is 9.86. The molecule has 1 aromatic rings. The molecule has 0 unspecified atom stereocenters. The summed E-state index contributed by atoms with van der Waals surface area (Å²) in [6.45, 7) is 5.58. The van der Waals surface area contributed by atoms with Crippen LogP contribution in [0.5, 0.6) is 0 Å². The summed E-state index contributed by atoms with van der Waals surface area (Å²) in [5, 5.41) is 3.32. The van der Waals surface area contributed by atoms with Gasteiger partial charge >= 0.3 is 0 Å². The molecule has 2 rings (SSSR count). The van der Waals surface area contributed by atoms with Gasteiger partial charge in [0.15, 0.2) is 0 Å². The summed E-state index contributed by atoms with van der Waals surface area (Å²) in [5.41, 5.74) is 1.10. The molecule has 1 saturated carbocycles. The van der Waals surface area contributed by atoms with E-state index in [-0.39, 0.29) is 0 Å². The van der Waals surface area contributed by atoms with E-state index in [9.17, 15) is 8.42 Å². The smallest absolute Gasteiger partial charge is 0.242 e. The molecule has 0 aliphatic heterocycles. The summed E-state index contributed by atoms with van der Waals surface area (Å²) >= 11 is 0. The molecule has 0 bridgehead atoms. The Balaban J connectivity index is 2.01. The number of nitrogens with one attached hydrogen (secondary N) is 1. The first-order valence-corrected chi connectivity index (χ1v) is 9.12. The Bertz CT molecular complexity index is 548. The summed E-state index contributed by atoms with van der Waals surface area (Å²) in [4.78, 5) is 0.387. The Morgan fingerprint density at radius 1 is 1.24 bits per heavy atom. The molecule has 1 aliphatic carbocycles. The molecule has 0 spiro atoms. The van der Waals surface area contributed by atoms with E-state index in [0.717, 1.165) is 24.9 Å². The fourth-order valence-electron chi connectivity index (χ4n) is 2.42. The molecule has 0 radical (unpaired) electrons. The topological polar surface area (TPSA) is 49.4 Å². The predicted molar refractivity (Wildman–Crippen MR) is 85.6 cm³/mol. The minimum Gasteiger partial charge on any atom is -0.310 e. The first kappa shape index (κ1) is 16.5. The van der Waals surface area contributed by atoms with Crippen molar-refractivity contribution in [2.75, 3.05) is 13.6 Å². The Labute approximate surface area is 128 Å². The summed E-state index contributed by atoms with van der Waals surface area (Å²) in [6, 6.07) is 7.62. The van der Waals surface area contributed by atoms with E-state index in [2.05, 4.69) is 19.2 Å². The zero-order chi connectivity index (χ0) is 15.5. The Kier molecular flexibility index (Phi) is 5.41. The Morgan fingerprint density at radius 3 is 2.33 bits per heavy atom. The van der Waals surface area contributed by atoms with Crippen molar-refractivity contribution in [1.29, 1.82) is 0 Å². The van der Waals surface area contributed by atoms with Gasteiger partial charge in [0.05, 0.1) is 4.90 Å². The van der Waals surface area contributed by atoms with E-state index in [1.54, 1.807) is 19.2 Å². The Morgan fingerprint density at radius 2 is 1.86 bits per heavy atom. The van der Waals surface area contributed by atoms with Crippen molar-refractivity contribution in [3.05, 3.63) is 29.8 Å². The third-order valence-corrected chi connectivity index (χ3v) is 5.92. The average molecular weight is 310 g/mol. The fraction of sp³-hybridized carbons (Fsp3) is 0.625. The van der Waals surface area contributed by atoms with Crippen LogP contribution >= 0.6 is 0 Å². The van der Waals surface area contributed by atoms with Crippen molar-refractivity contribution in [2.24, 2.45) is 5.92 Å². The van der Waals surface area contributed by atoms with Gasteiger partial charge in [-0.2, -0.15) is 0 Å². The molecule has 1 aromatic carbocycles. The van der Waals surface area contributed by atoms with Crippen LogP contribution in [0.2, 0.25) is 0 Å². The SMILES string of the molecule is CC(C)NCc1ccc(S(=O)(=O)N(C)CC2CCC2)cc1. The van der Waals surface area contributed by atoms with Crippen molar-refractivity contribution >= 4 is 10.0 Å². The van der Waals surface area contributed by atoms with Gasteiger partial charge in [-0.05, 0) is 36.5 Å². The summed E-state index contributed by atoms with van der Waals surface area (Å²) in [5.74, 6) is 0.541. The lowest BCUT2D eigenvalue weighted by Gasteiger charge is -2.29. The summed E-state index contributed by atoms with van der Waals surface area (Å²) in [6.07, 6.45) is 3.54. The lowest BCUT2D eigenvalue weighted by molar-refractivity contribution is 0.263. The standard InChI is InChI=1S/C16H26N2O2S/c1-13(2)17-11-14-7-9-16(10-8-14)21(19,20)18(3)12-15-5-4-6-15/h7-10,13,15,17H,4-6,11-12H2,1-3H3. The first-order chi connectivity index (χ1) is 9.89. The highest BCUT2D eigenvalue weighted by Crippen LogP contribution is 2.28. The second kappa shape index (κ2) is 6.90. The average Bonchev–Trinajstić information content (AvgIpc) is 2.40. The van der Waals surface area contributed by atoms with Crippen molar-refractivity contribution < 1.29 is 8.42 Å². The number of nitrogens with zero attached hydrogens (tertiary/aromatic N) is 1. The van der Waals surface area contributed by atoms with E-state index < -0.39 is 10.0 Å². The van der Waals surface area contributed by atoms with E-state index in [4.69, 9.17) is 0 Å². The van der Waals surface area contributed by atoms with Gasteiger partial charge < -0.3 is 5.32 Å². The molecule has 21 heavy (non-hydrogen) atoms. The fourth-order valence-corrected chi connectivity index (χ4v) is 3.67. The predicted octanol–water partition coefficient (Wildman–Crippen LogP) is 2.61. The largest absolute Gasteiger partial charge is 0.310 e. The van der Waals surface area contributed by atoms with Gasteiger partial charge in [-0.1, -0.05) is 32.4 Å². The third kappa shape index (κ3) is 4.28. The highest BCUT2D eigenvalue weighted by molar-refractivity contribution is 7.89. The normalized spacial score (nSPS) is 16.4. The van der Waals surface area contributed by atoms with Gasteiger partial charge in [-0.25, -0.2) is 12.7 Å². The van der Waals surface area contributed by atoms with Crippen LogP contribution in [-0.2, 0) is 16.6 Å². The van der Waals surface area contributed by atoms with Crippen LogP contribution in [0.4, 0.5) is 0 Å². The highest BCUT2D eigenvalue weighted by atomic mass is 32.2. The third-order valence-electron chi connectivity index (χ3n) is 4.09. The quantitative estimate of drug-likeness (QED) is 0.842. The maximum absolute atomic E-state index is 12.5. The van der Waals surface area contributed by atoms with E-state index in [1.165, 1.54) is 10.7 Å². The Hall–Kier alpha value is -0.910. The van der Waals surface area contributed by atoms with Crippen LogP contribution in [0.1, 0.15) is 38.7 Å². The van der Waals surface area contributed by atoms with E-state index in [1.807, 2.05) is 12.1 Å². The van der Waals surface area contributed by atoms with Crippen molar-refractivity contribution in [2.45, 2.75) is 50.6 Å². The van der Waals surface area contributed by atoms with E-state index in [0.29, 0.717) is 23.4 Å². The van der Waals surface area contributed by atoms with E-state index >= 15 is 0 Å². The molecule has 0 saturated heterocycles. The lowest BCUT2D eigenvalue weighted by Crippen LogP contribution is -2.34. The molecule has 1 aliphatic rings. The van der Waals surface area contributed by atoms with Gasteiger partial charge in [0, 0.05) is 26.2 Å². The molecule has 1 fully saturated rings. The number of hydrogen-bond donors (Lipinski definition) is 1. The monoisotopic (exact) mass is 310 g/mol. The number of rotatable bonds is 7. The van der Waals surface area contributed by atoms with Crippen molar-refractivity contribution in [3.8, 4) is 0 Å². The zero-order valence-corrected chi connectivity index (χ0v) is 14.0. The van der Waals surface area contributed by atoms with Crippen molar-refractivity contribution in [1.82, 2.24) is 9.62 Å². The van der Waals surface area contributed by atoms with Crippen LogP contribution in [0.3, 0.4) is 0 Å². The second-order valence-electron chi connectivity index (χ2n) is 6.26.